The number of nitrogens with zero attached hydrogens (tertiary/aromatic N) is 2. The van der Waals surface area contributed by atoms with Crippen LogP contribution in [0.25, 0.3) is 0 Å². The van der Waals surface area contributed by atoms with Crippen LogP contribution in [0, 0.1) is 12.3 Å². The fourth-order valence-corrected chi connectivity index (χ4v) is 2.60. The highest BCUT2D eigenvalue weighted by Gasteiger charge is 2.48. The average Bonchev–Trinajstić information content (AvgIpc) is 2.48. The number of amides is 1. The molecule has 0 unspecified atom stereocenters. The maximum atomic E-state index is 12.3. The maximum Gasteiger partial charge on any atom is 0.407 e. The summed E-state index contributed by atoms with van der Waals surface area (Å²) in [4.78, 5) is 29.0. The minimum atomic E-state index is -1.52. The molecule has 0 radical (unpaired) electrons. The van der Waals surface area contributed by atoms with Gasteiger partial charge >= 0.3 is 12.1 Å². The van der Waals surface area contributed by atoms with Crippen LogP contribution in [0.4, 0.5) is 4.79 Å². The van der Waals surface area contributed by atoms with Crippen molar-refractivity contribution in [2.24, 2.45) is 5.41 Å². The van der Waals surface area contributed by atoms with Gasteiger partial charge in [0.15, 0.2) is 6.10 Å². The molecule has 1 aliphatic heterocycles. The second kappa shape index (κ2) is 6.39. The van der Waals surface area contributed by atoms with Crippen LogP contribution in [0.3, 0.4) is 0 Å². The summed E-state index contributed by atoms with van der Waals surface area (Å²) in [6.45, 7) is 6.97. The third kappa shape index (κ3) is 3.67. The van der Waals surface area contributed by atoms with E-state index in [0.717, 1.165) is 10.6 Å². The maximum absolute atomic E-state index is 12.3. The van der Waals surface area contributed by atoms with Crippen molar-refractivity contribution >= 4 is 12.1 Å². The van der Waals surface area contributed by atoms with Crippen molar-refractivity contribution < 1.29 is 24.5 Å². The predicted molar refractivity (Wildman–Crippen MR) is 86.4 cm³/mol. The van der Waals surface area contributed by atoms with Gasteiger partial charge in [-0.15, -0.1) is 0 Å². The van der Waals surface area contributed by atoms with Crippen molar-refractivity contribution in [1.29, 1.82) is 0 Å². The van der Waals surface area contributed by atoms with Gasteiger partial charge in [-0.3, -0.25) is 9.78 Å². The van der Waals surface area contributed by atoms with E-state index in [1.807, 2.05) is 0 Å². The first-order valence-corrected chi connectivity index (χ1v) is 7.89. The lowest BCUT2D eigenvalue weighted by molar-refractivity contribution is -0.186. The minimum Gasteiger partial charge on any atom is -0.465 e. The molecular formula is C17H24N2O5. The standard InChI is InChI=1S/C17H24N2O5/c1-11-6-5-7-12(18-11)17(23)8-9-19(15(21)22)10-13(17)24-14(20)16(2,3)4/h5-7,13,23H,8-10H2,1-4H3,(H,21,22)/t13-,17-/m0/s1. The van der Waals surface area contributed by atoms with Gasteiger partial charge in [0, 0.05) is 18.7 Å². The van der Waals surface area contributed by atoms with Gasteiger partial charge in [0.05, 0.1) is 17.7 Å². The van der Waals surface area contributed by atoms with Gasteiger partial charge in [-0.2, -0.15) is 0 Å². The summed E-state index contributed by atoms with van der Waals surface area (Å²) in [7, 11) is 0. The van der Waals surface area contributed by atoms with Gasteiger partial charge in [-0.05, 0) is 39.8 Å². The van der Waals surface area contributed by atoms with E-state index in [2.05, 4.69) is 4.98 Å². The molecule has 1 saturated heterocycles. The molecule has 1 aromatic rings. The smallest absolute Gasteiger partial charge is 0.407 e. The highest BCUT2D eigenvalue weighted by molar-refractivity contribution is 5.75. The van der Waals surface area contributed by atoms with Crippen molar-refractivity contribution in [3.63, 3.8) is 0 Å². The number of carboxylic acid groups (broad SMARTS) is 1. The van der Waals surface area contributed by atoms with Crippen LogP contribution in [-0.2, 0) is 15.1 Å². The highest BCUT2D eigenvalue weighted by atomic mass is 16.6. The van der Waals surface area contributed by atoms with Crippen molar-refractivity contribution in [2.75, 3.05) is 13.1 Å². The number of carbonyl (C=O) groups is 2. The zero-order chi connectivity index (χ0) is 18.1. The summed E-state index contributed by atoms with van der Waals surface area (Å²) in [6, 6.07) is 5.23. The van der Waals surface area contributed by atoms with Gasteiger partial charge in [0.2, 0.25) is 0 Å². The lowest BCUT2D eigenvalue weighted by atomic mass is 9.84. The Kier molecular flexibility index (Phi) is 4.85. The monoisotopic (exact) mass is 336 g/mol. The summed E-state index contributed by atoms with van der Waals surface area (Å²) < 4.78 is 5.51. The number of aliphatic hydroxyl groups is 1. The van der Waals surface area contributed by atoms with Gasteiger partial charge in [0.1, 0.15) is 5.60 Å². The summed E-state index contributed by atoms with van der Waals surface area (Å²) in [5.74, 6) is -0.495. The van der Waals surface area contributed by atoms with E-state index in [1.54, 1.807) is 45.9 Å². The van der Waals surface area contributed by atoms with E-state index in [9.17, 15) is 19.8 Å². The molecule has 7 heteroatoms. The number of rotatable bonds is 2. The molecule has 7 nitrogen and oxygen atoms in total. The topological polar surface area (TPSA) is 100.0 Å². The fourth-order valence-electron chi connectivity index (χ4n) is 2.60. The molecule has 24 heavy (non-hydrogen) atoms. The molecule has 132 valence electrons. The number of aryl methyl sites for hydroxylation is 1. The van der Waals surface area contributed by atoms with E-state index in [0.29, 0.717) is 5.69 Å². The Morgan fingerprint density at radius 3 is 2.58 bits per heavy atom. The molecule has 0 aliphatic carbocycles. The first-order chi connectivity index (χ1) is 11.0. The van der Waals surface area contributed by atoms with Gasteiger partial charge in [-0.1, -0.05) is 6.07 Å². The molecule has 2 atom stereocenters. The molecular weight excluding hydrogens is 312 g/mol. The predicted octanol–water partition coefficient (Wildman–Crippen LogP) is 1.92. The van der Waals surface area contributed by atoms with Gasteiger partial charge in [0.25, 0.3) is 0 Å². The molecule has 0 spiro atoms. The Bertz CT molecular complexity index is 640. The summed E-state index contributed by atoms with van der Waals surface area (Å²) >= 11 is 0. The van der Waals surface area contributed by atoms with E-state index in [-0.39, 0.29) is 19.5 Å². The van der Waals surface area contributed by atoms with Crippen molar-refractivity contribution in [3.05, 3.63) is 29.6 Å². The number of hydrogen-bond donors (Lipinski definition) is 2. The number of likely N-dealkylation sites (tertiary alicyclic amines) is 1. The van der Waals surface area contributed by atoms with Crippen LogP contribution in [0.2, 0.25) is 0 Å². The van der Waals surface area contributed by atoms with E-state index in [1.165, 1.54) is 0 Å². The average molecular weight is 336 g/mol. The lowest BCUT2D eigenvalue weighted by Crippen LogP contribution is -2.57. The normalized spacial score (nSPS) is 24.5. The molecule has 1 amide bonds. The summed E-state index contributed by atoms with van der Waals surface area (Å²) in [5, 5.41) is 20.4. The molecule has 2 heterocycles. The SMILES string of the molecule is Cc1cccc([C@@]2(O)CCN(C(=O)O)C[C@@H]2OC(=O)C(C)(C)C)n1. The van der Waals surface area contributed by atoms with Crippen molar-refractivity contribution in [3.8, 4) is 0 Å². The Hall–Kier alpha value is -2.15. The zero-order valence-electron chi connectivity index (χ0n) is 14.4. The third-order valence-electron chi connectivity index (χ3n) is 4.15. The quantitative estimate of drug-likeness (QED) is 0.800. The number of piperidine rings is 1. The van der Waals surface area contributed by atoms with Gasteiger partial charge in [-0.25, -0.2) is 4.79 Å². The van der Waals surface area contributed by atoms with Gasteiger partial charge < -0.3 is 19.8 Å². The molecule has 1 fully saturated rings. The molecule has 1 aliphatic rings. The van der Waals surface area contributed by atoms with E-state index >= 15 is 0 Å². The number of esters is 1. The minimum absolute atomic E-state index is 0.0940. The van der Waals surface area contributed by atoms with Crippen molar-refractivity contribution in [1.82, 2.24) is 9.88 Å². The molecule has 1 aromatic heterocycles. The second-order valence-electron chi connectivity index (χ2n) is 7.21. The van der Waals surface area contributed by atoms with E-state index < -0.39 is 29.2 Å². The highest BCUT2D eigenvalue weighted by Crippen LogP contribution is 2.35. The van der Waals surface area contributed by atoms with Crippen molar-refractivity contribution in [2.45, 2.75) is 45.8 Å². The first kappa shape index (κ1) is 18.2. The zero-order valence-corrected chi connectivity index (χ0v) is 14.4. The number of pyridine rings is 1. The van der Waals surface area contributed by atoms with Crippen LogP contribution in [0.15, 0.2) is 18.2 Å². The van der Waals surface area contributed by atoms with Crippen LogP contribution in [0.1, 0.15) is 38.6 Å². The Morgan fingerprint density at radius 1 is 1.38 bits per heavy atom. The largest absolute Gasteiger partial charge is 0.465 e. The molecule has 2 rings (SSSR count). The van der Waals surface area contributed by atoms with Crippen LogP contribution >= 0.6 is 0 Å². The van der Waals surface area contributed by atoms with E-state index in [4.69, 9.17) is 4.74 Å². The molecule has 2 N–H and O–H groups in total. The fraction of sp³-hybridized carbons (Fsp3) is 0.588. The lowest BCUT2D eigenvalue weighted by Gasteiger charge is -2.43. The number of ether oxygens (including phenoxy) is 1. The molecule has 0 bridgehead atoms. The molecule has 0 aromatic carbocycles. The first-order valence-electron chi connectivity index (χ1n) is 7.89. The Labute approximate surface area is 141 Å². The number of aromatic nitrogens is 1. The Morgan fingerprint density at radius 2 is 2.04 bits per heavy atom. The van der Waals surface area contributed by atoms with Crippen LogP contribution < -0.4 is 0 Å². The molecule has 0 saturated carbocycles. The third-order valence-corrected chi connectivity index (χ3v) is 4.15. The number of carbonyl (C=O) groups excluding carboxylic acids is 1. The summed E-state index contributed by atoms with van der Waals surface area (Å²) in [6.07, 6.45) is -2.01. The Balaban J connectivity index is 2.36. The second-order valence-corrected chi connectivity index (χ2v) is 7.21. The van der Waals surface area contributed by atoms with Crippen LogP contribution in [0.5, 0.6) is 0 Å². The number of hydrogen-bond acceptors (Lipinski definition) is 5. The van der Waals surface area contributed by atoms with Crippen LogP contribution in [-0.4, -0.2) is 51.4 Å². The summed E-state index contributed by atoms with van der Waals surface area (Å²) in [5.41, 5.74) is -1.16.